The molecule has 2 aromatic carbocycles. The van der Waals surface area contributed by atoms with Crippen LogP contribution in [0.15, 0.2) is 60.7 Å². The fourth-order valence-corrected chi connectivity index (χ4v) is 3.69. The minimum atomic E-state index is -4.03. The Hall–Kier alpha value is -1.90. The van der Waals surface area contributed by atoms with Crippen molar-refractivity contribution in [2.45, 2.75) is 5.66 Å². The molecule has 0 saturated carbocycles. The zero-order valence-electron chi connectivity index (χ0n) is 10.0. The molecule has 0 aromatic heterocycles. The summed E-state index contributed by atoms with van der Waals surface area (Å²) in [5.41, 5.74) is -1.12. The summed E-state index contributed by atoms with van der Waals surface area (Å²) < 4.78 is 12.5. The third-order valence-electron chi connectivity index (χ3n) is 2.83. The van der Waals surface area contributed by atoms with E-state index < -0.39 is 19.0 Å². The SMILES string of the molecule is O=C(O)C(c1ccccc1)P(=O)(O)c1ccccc1. The summed E-state index contributed by atoms with van der Waals surface area (Å²) >= 11 is 0. The minimum Gasteiger partial charge on any atom is -0.480 e. The minimum absolute atomic E-state index is 0.145. The standard InChI is InChI=1S/C14H13O4P/c15-14(16)13(11-7-3-1-4-8-11)19(17,18)12-9-5-2-6-10-12/h1-10,13H,(H,15,16)(H,17,18). The van der Waals surface area contributed by atoms with Gasteiger partial charge in [0.1, 0.15) is 0 Å². The molecule has 2 aromatic rings. The summed E-state index contributed by atoms with van der Waals surface area (Å²) in [5, 5.41) is 9.44. The predicted octanol–water partition coefficient (Wildman–Crippen LogP) is 2.41. The van der Waals surface area contributed by atoms with Crippen LogP contribution in [-0.2, 0) is 9.36 Å². The second kappa shape index (κ2) is 5.39. The van der Waals surface area contributed by atoms with Gasteiger partial charge in [0.2, 0.25) is 7.37 Å². The lowest BCUT2D eigenvalue weighted by atomic mass is 10.1. The Kier molecular flexibility index (Phi) is 3.84. The number of benzene rings is 2. The van der Waals surface area contributed by atoms with E-state index >= 15 is 0 Å². The van der Waals surface area contributed by atoms with Crippen molar-refractivity contribution < 1.29 is 19.4 Å². The maximum Gasteiger partial charge on any atom is 0.321 e. The van der Waals surface area contributed by atoms with Crippen LogP contribution in [-0.4, -0.2) is 16.0 Å². The van der Waals surface area contributed by atoms with Gasteiger partial charge in [-0.25, -0.2) is 0 Å². The molecule has 0 bridgehead atoms. The number of hydrogen-bond acceptors (Lipinski definition) is 2. The summed E-state index contributed by atoms with van der Waals surface area (Å²) in [6.07, 6.45) is 0. The second-order valence-corrected chi connectivity index (χ2v) is 6.39. The molecule has 2 unspecified atom stereocenters. The summed E-state index contributed by atoms with van der Waals surface area (Å²) in [4.78, 5) is 21.6. The zero-order valence-corrected chi connectivity index (χ0v) is 10.9. The van der Waals surface area contributed by atoms with Gasteiger partial charge in [0.05, 0.1) is 0 Å². The van der Waals surface area contributed by atoms with E-state index in [9.17, 15) is 19.4 Å². The van der Waals surface area contributed by atoms with Gasteiger partial charge < -0.3 is 10.00 Å². The van der Waals surface area contributed by atoms with Crippen LogP contribution in [0.1, 0.15) is 11.2 Å². The van der Waals surface area contributed by atoms with E-state index in [1.807, 2.05) is 0 Å². The van der Waals surface area contributed by atoms with E-state index in [0.29, 0.717) is 5.56 Å². The Morgan fingerprint density at radius 1 is 0.947 bits per heavy atom. The summed E-state index contributed by atoms with van der Waals surface area (Å²) in [6.45, 7) is 0. The van der Waals surface area contributed by atoms with E-state index in [2.05, 4.69) is 0 Å². The summed E-state index contributed by atoms with van der Waals surface area (Å²) in [6, 6.07) is 16.0. The highest BCUT2D eigenvalue weighted by molar-refractivity contribution is 7.67. The number of hydrogen-bond donors (Lipinski definition) is 2. The zero-order chi connectivity index (χ0) is 13.9. The molecule has 0 saturated heterocycles. The molecule has 2 atom stereocenters. The lowest BCUT2D eigenvalue weighted by molar-refractivity contribution is -0.136. The third-order valence-corrected chi connectivity index (χ3v) is 5.08. The number of carboxylic acids is 1. The number of carboxylic acid groups (broad SMARTS) is 1. The van der Waals surface area contributed by atoms with Crippen LogP contribution in [0.25, 0.3) is 0 Å². The number of carbonyl (C=O) groups is 1. The first kappa shape index (κ1) is 13.5. The van der Waals surface area contributed by atoms with Crippen molar-refractivity contribution in [3.63, 3.8) is 0 Å². The maximum atomic E-state index is 12.5. The van der Waals surface area contributed by atoms with Crippen molar-refractivity contribution in [1.29, 1.82) is 0 Å². The van der Waals surface area contributed by atoms with Crippen LogP contribution < -0.4 is 5.30 Å². The van der Waals surface area contributed by atoms with Gasteiger partial charge in [-0.15, -0.1) is 0 Å². The quantitative estimate of drug-likeness (QED) is 0.841. The van der Waals surface area contributed by atoms with Crippen molar-refractivity contribution >= 4 is 18.6 Å². The molecular formula is C14H13O4P. The van der Waals surface area contributed by atoms with Gasteiger partial charge in [0.25, 0.3) is 0 Å². The first-order valence-corrected chi connectivity index (χ1v) is 7.42. The average Bonchev–Trinajstić information content (AvgIpc) is 2.40. The van der Waals surface area contributed by atoms with Crippen molar-refractivity contribution in [3.05, 3.63) is 66.2 Å². The molecule has 0 heterocycles. The number of aliphatic carboxylic acids is 1. The molecule has 4 nitrogen and oxygen atoms in total. The molecule has 2 rings (SSSR count). The van der Waals surface area contributed by atoms with E-state index in [0.717, 1.165) is 0 Å². The van der Waals surface area contributed by atoms with Crippen LogP contribution >= 0.6 is 7.37 Å². The molecular weight excluding hydrogens is 263 g/mol. The highest BCUT2D eigenvalue weighted by Crippen LogP contribution is 2.54. The molecule has 0 aliphatic rings. The lowest BCUT2D eigenvalue weighted by Crippen LogP contribution is -2.18. The first-order chi connectivity index (χ1) is 9.03. The van der Waals surface area contributed by atoms with Gasteiger partial charge in [-0.1, -0.05) is 48.5 Å². The van der Waals surface area contributed by atoms with Gasteiger partial charge in [-0.05, 0) is 17.7 Å². The van der Waals surface area contributed by atoms with Crippen LogP contribution in [0.2, 0.25) is 0 Å². The maximum absolute atomic E-state index is 12.5. The van der Waals surface area contributed by atoms with Crippen LogP contribution in [0.3, 0.4) is 0 Å². The molecule has 98 valence electrons. The molecule has 19 heavy (non-hydrogen) atoms. The van der Waals surface area contributed by atoms with E-state index in [4.69, 9.17) is 0 Å². The normalized spacial score (nSPS) is 15.4. The Morgan fingerprint density at radius 2 is 1.42 bits per heavy atom. The molecule has 2 N–H and O–H groups in total. The van der Waals surface area contributed by atoms with Gasteiger partial charge in [0, 0.05) is 5.30 Å². The third kappa shape index (κ3) is 2.75. The van der Waals surface area contributed by atoms with Gasteiger partial charge in [-0.2, -0.15) is 0 Å². The molecule has 5 heteroatoms. The van der Waals surface area contributed by atoms with Crippen molar-refractivity contribution in [1.82, 2.24) is 0 Å². The fraction of sp³-hybridized carbons (Fsp3) is 0.0714. The molecule has 0 spiro atoms. The first-order valence-electron chi connectivity index (χ1n) is 5.69. The number of rotatable bonds is 4. The van der Waals surface area contributed by atoms with Crippen molar-refractivity contribution in [2.24, 2.45) is 0 Å². The Balaban J connectivity index is 2.52. The molecule has 0 radical (unpaired) electrons. The van der Waals surface area contributed by atoms with Gasteiger partial charge in [0.15, 0.2) is 5.66 Å². The molecule has 0 fully saturated rings. The fourth-order valence-electron chi connectivity index (χ4n) is 1.92. The monoisotopic (exact) mass is 276 g/mol. The van der Waals surface area contributed by atoms with Crippen molar-refractivity contribution in [3.8, 4) is 0 Å². The van der Waals surface area contributed by atoms with E-state index in [-0.39, 0.29) is 5.30 Å². The topological polar surface area (TPSA) is 74.6 Å². The highest BCUT2D eigenvalue weighted by atomic mass is 31.2. The van der Waals surface area contributed by atoms with E-state index in [1.54, 1.807) is 48.5 Å². The Bertz CT molecular complexity index is 610. The molecule has 0 aliphatic carbocycles. The van der Waals surface area contributed by atoms with Crippen LogP contribution in [0.4, 0.5) is 0 Å². The largest absolute Gasteiger partial charge is 0.480 e. The lowest BCUT2D eigenvalue weighted by Gasteiger charge is -2.20. The predicted molar refractivity (Wildman–Crippen MR) is 72.7 cm³/mol. The van der Waals surface area contributed by atoms with Crippen LogP contribution in [0.5, 0.6) is 0 Å². The van der Waals surface area contributed by atoms with E-state index in [1.165, 1.54) is 12.1 Å². The smallest absolute Gasteiger partial charge is 0.321 e. The Morgan fingerprint density at radius 3 is 1.89 bits per heavy atom. The highest BCUT2D eigenvalue weighted by Gasteiger charge is 2.39. The van der Waals surface area contributed by atoms with Gasteiger partial charge >= 0.3 is 5.97 Å². The second-order valence-electron chi connectivity index (χ2n) is 4.11. The summed E-state index contributed by atoms with van der Waals surface area (Å²) in [5.74, 6) is -1.30. The molecule has 0 amide bonds. The molecule has 0 aliphatic heterocycles. The van der Waals surface area contributed by atoms with Crippen molar-refractivity contribution in [2.75, 3.05) is 0 Å². The van der Waals surface area contributed by atoms with Gasteiger partial charge in [-0.3, -0.25) is 9.36 Å². The summed E-state index contributed by atoms with van der Waals surface area (Å²) in [7, 11) is -4.03. The average molecular weight is 276 g/mol. The Labute approximate surface area is 110 Å². The van der Waals surface area contributed by atoms with Crippen LogP contribution in [0, 0.1) is 0 Å².